The Balaban J connectivity index is 1.72. The minimum Gasteiger partial charge on any atom is -0.375 e. The van der Waals surface area contributed by atoms with E-state index in [0.29, 0.717) is 10.8 Å². The van der Waals surface area contributed by atoms with Crippen LogP contribution in [0.15, 0.2) is 0 Å². The summed E-state index contributed by atoms with van der Waals surface area (Å²) in [5, 5.41) is 0. The second-order valence-corrected chi connectivity index (χ2v) is 9.15. The first kappa shape index (κ1) is 12.7. The lowest BCUT2D eigenvalue weighted by Crippen LogP contribution is -2.60. The maximum Gasteiger partial charge on any atom is 0.0657 e. The third-order valence-corrected chi connectivity index (χ3v) is 7.95. The van der Waals surface area contributed by atoms with Gasteiger partial charge in [0, 0.05) is 5.41 Å². The van der Waals surface area contributed by atoms with Gasteiger partial charge in [0.05, 0.1) is 12.2 Å². The maximum atomic E-state index is 6.35. The van der Waals surface area contributed by atoms with Gasteiger partial charge in [-0.3, -0.25) is 0 Å². The molecule has 1 heteroatoms. The highest BCUT2D eigenvalue weighted by atomic mass is 16.5. The van der Waals surface area contributed by atoms with E-state index in [4.69, 9.17) is 4.74 Å². The average molecular weight is 262 g/mol. The summed E-state index contributed by atoms with van der Waals surface area (Å²) >= 11 is 0. The summed E-state index contributed by atoms with van der Waals surface area (Å²) in [7, 11) is 0. The summed E-state index contributed by atoms with van der Waals surface area (Å²) in [5.41, 5.74) is 1.29. The molecule has 5 aliphatic rings. The molecule has 4 bridgehead atoms. The molecule has 1 nitrogen and oxygen atoms in total. The van der Waals surface area contributed by atoms with Gasteiger partial charge < -0.3 is 4.74 Å². The summed E-state index contributed by atoms with van der Waals surface area (Å²) in [6.45, 7) is 11.1. The van der Waals surface area contributed by atoms with E-state index in [9.17, 15) is 0 Å². The molecule has 6 atom stereocenters. The van der Waals surface area contributed by atoms with E-state index in [1.165, 1.54) is 38.5 Å². The van der Waals surface area contributed by atoms with Crippen LogP contribution in [0.1, 0.15) is 66.2 Å². The summed E-state index contributed by atoms with van der Waals surface area (Å²) in [4.78, 5) is 0. The lowest BCUT2D eigenvalue weighted by atomic mass is 9.48. The fraction of sp³-hybridized carbons (Fsp3) is 1.00. The molecule has 2 aliphatic heterocycles. The van der Waals surface area contributed by atoms with Gasteiger partial charge in [-0.25, -0.2) is 0 Å². The second-order valence-electron chi connectivity index (χ2n) is 9.15. The molecular formula is C18H30O. The molecule has 2 heterocycles. The minimum absolute atomic E-state index is 0.211. The highest BCUT2D eigenvalue weighted by Gasteiger charge is 2.65. The van der Waals surface area contributed by atoms with Gasteiger partial charge in [-0.15, -0.1) is 0 Å². The summed E-state index contributed by atoms with van der Waals surface area (Å²) in [5.74, 6) is 3.80. The molecule has 0 aromatic heterocycles. The molecule has 0 N–H and O–H groups in total. The Labute approximate surface area is 118 Å². The fourth-order valence-corrected chi connectivity index (χ4v) is 6.97. The van der Waals surface area contributed by atoms with Crippen molar-refractivity contribution >= 4 is 0 Å². The number of fused-ring (bicyclic) bond motifs is 5. The lowest BCUT2D eigenvalue weighted by Gasteiger charge is -2.62. The van der Waals surface area contributed by atoms with Gasteiger partial charge in [-0.05, 0) is 74.5 Å². The quantitative estimate of drug-likeness (QED) is 0.668. The van der Waals surface area contributed by atoms with Gasteiger partial charge in [-0.2, -0.15) is 0 Å². The Hall–Kier alpha value is -0.0400. The van der Waals surface area contributed by atoms with Crippen molar-refractivity contribution in [2.24, 2.45) is 34.5 Å². The van der Waals surface area contributed by atoms with Crippen LogP contribution in [-0.2, 0) is 4.74 Å². The van der Waals surface area contributed by atoms with Gasteiger partial charge >= 0.3 is 0 Å². The van der Waals surface area contributed by atoms with Crippen molar-refractivity contribution in [3.63, 3.8) is 0 Å². The highest BCUT2D eigenvalue weighted by Crippen LogP contribution is 2.69. The standard InChI is InChI=1S/C18H30O/c1-12-10-17(4)7-8-18(12,11-19-17)15-13-5-6-14(9-13)16(15,2)3/h12-15H,5-11H2,1-4H3. The van der Waals surface area contributed by atoms with E-state index < -0.39 is 0 Å². The van der Waals surface area contributed by atoms with Crippen LogP contribution in [0.4, 0.5) is 0 Å². The molecule has 5 rings (SSSR count). The van der Waals surface area contributed by atoms with Gasteiger partial charge in [-0.1, -0.05) is 20.8 Å². The Morgan fingerprint density at radius 3 is 2.37 bits per heavy atom. The molecule has 108 valence electrons. The topological polar surface area (TPSA) is 9.23 Å². The van der Waals surface area contributed by atoms with Crippen molar-refractivity contribution in [1.82, 2.24) is 0 Å². The Morgan fingerprint density at radius 2 is 1.84 bits per heavy atom. The van der Waals surface area contributed by atoms with Crippen LogP contribution < -0.4 is 0 Å². The maximum absolute atomic E-state index is 6.35. The first-order chi connectivity index (χ1) is 8.87. The number of hydrogen-bond acceptors (Lipinski definition) is 1. The molecular weight excluding hydrogens is 232 g/mol. The predicted octanol–water partition coefficient (Wildman–Crippen LogP) is 4.65. The summed E-state index contributed by atoms with van der Waals surface area (Å²) < 4.78 is 6.35. The van der Waals surface area contributed by atoms with E-state index in [1.54, 1.807) is 0 Å². The highest BCUT2D eigenvalue weighted by molar-refractivity contribution is 5.13. The second kappa shape index (κ2) is 3.59. The van der Waals surface area contributed by atoms with E-state index >= 15 is 0 Å². The monoisotopic (exact) mass is 262 g/mol. The largest absolute Gasteiger partial charge is 0.375 e. The first-order valence-corrected chi connectivity index (χ1v) is 8.51. The van der Waals surface area contributed by atoms with Gasteiger partial charge in [0.15, 0.2) is 0 Å². The number of rotatable bonds is 1. The van der Waals surface area contributed by atoms with Crippen molar-refractivity contribution in [3.05, 3.63) is 0 Å². The third kappa shape index (κ3) is 1.46. The Bertz CT molecular complexity index is 388. The molecule has 19 heavy (non-hydrogen) atoms. The summed E-state index contributed by atoms with van der Waals surface area (Å²) in [6, 6.07) is 0. The van der Waals surface area contributed by atoms with Crippen molar-refractivity contribution in [2.45, 2.75) is 71.8 Å². The molecule has 2 saturated heterocycles. The minimum atomic E-state index is 0.211. The van der Waals surface area contributed by atoms with Crippen molar-refractivity contribution < 1.29 is 4.74 Å². The van der Waals surface area contributed by atoms with Crippen LogP contribution >= 0.6 is 0 Å². The van der Waals surface area contributed by atoms with Crippen LogP contribution in [0.3, 0.4) is 0 Å². The molecule has 3 saturated carbocycles. The van der Waals surface area contributed by atoms with Gasteiger partial charge in [0.1, 0.15) is 0 Å². The van der Waals surface area contributed by atoms with Crippen LogP contribution in [0.25, 0.3) is 0 Å². The van der Waals surface area contributed by atoms with Crippen molar-refractivity contribution in [2.75, 3.05) is 6.61 Å². The lowest BCUT2D eigenvalue weighted by molar-refractivity contribution is -0.237. The van der Waals surface area contributed by atoms with Crippen molar-refractivity contribution in [1.29, 1.82) is 0 Å². The van der Waals surface area contributed by atoms with Crippen LogP contribution in [0.5, 0.6) is 0 Å². The molecule has 0 radical (unpaired) electrons. The Morgan fingerprint density at radius 1 is 1.05 bits per heavy atom. The number of ether oxygens (including phenoxy) is 1. The van der Waals surface area contributed by atoms with Crippen LogP contribution in [0, 0.1) is 34.5 Å². The van der Waals surface area contributed by atoms with Crippen LogP contribution in [0.2, 0.25) is 0 Å². The van der Waals surface area contributed by atoms with Crippen molar-refractivity contribution in [3.8, 4) is 0 Å². The molecule has 0 amide bonds. The Kier molecular flexibility index (Phi) is 2.39. The zero-order valence-corrected chi connectivity index (χ0v) is 13.2. The smallest absolute Gasteiger partial charge is 0.0657 e. The molecule has 0 aromatic carbocycles. The van der Waals surface area contributed by atoms with Gasteiger partial charge in [0.2, 0.25) is 0 Å². The van der Waals surface area contributed by atoms with E-state index in [-0.39, 0.29) is 5.60 Å². The third-order valence-electron chi connectivity index (χ3n) is 7.95. The first-order valence-electron chi connectivity index (χ1n) is 8.51. The average Bonchev–Trinajstić information content (AvgIpc) is 2.88. The van der Waals surface area contributed by atoms with Gasteiger partial charge in [0.25, 0.3) is 0 Å². The van der Waals surface area contributed by atoms with Crippen LogP contribution in [-0.4, -0.2) is 12.2 Å². The normalized spacial score (nSPS) is 58.7. The van der Waals surface area contributed by atoms with E-state index in [1.807, 2.05) is 0 Å². The predicted molar refractivity (Wildman–Crippen MR) is 77.9 cm³/mol. The molecule has 6 unspecified atom stereocenters. The SMILES string of the molecule is CC1CC2(C)CCC1(C1C3CCC(C3)C1(C)C)CO2. The molecule has 0 spiro atoms. The summed E-state index contributed by atoms with van der Waals surface area (Å²) in [6.07, 6.45) is 8.56. The molecule has 5 fully saturated rings. The number of hydrogen-bond donors (Lipinski definition) is 0. The zero-order valence-electron chi connectivity index (χ0n) is 13.2. The fourth-order valence-electron chi connectivity index (χ4n) is 6.97. The van der Waals surface area contributed by atoms with E-state index in [2.05, 4.69) is 27.7 Å². The molecule has 0 aromatic rings. The van der Waals surface area contributed by atoms with E-state index in [0.717, 1.165) is 30.3 Å². The zero-order chi connectivity index (χ0) is 13.5. The molecule has 3 aliphatic carbocycles.